The number of carboxylic acids is 1. The Bertz CT molecular complexity index is 994. The Labute approximate surface area is 133 Å². The van der Waals surface area contributed by atoms with Gasteiger partial charge in [0, 0.05) is 11.1 Å². The monoisotopic (exact) mass is 306 g/mol. The summed E-state index contributed by atoms with van der Waals surface area (Å²) in [7, 11) is 0. The van der Waals surface area contributed by atoms with Gasteiger partial charge < -0.3 is 16.6 Å². The molecule has 0 aromatic heterocycles. The second-order valence-electron chi connectivity index (χ2n) is 5.67. The van der Waals surface area contributed by atoms with Crippen LogP contribution in [0.3, 0.4) is 0 Å². The standard InChI is InChI=1S/C19H15NO2.H3N/c1-11(19(21)22)20-16-10-8-14-6-5-12-3-2-4-13-7-9-15(16)18(14)17(12)13;/h2-11,20H,1H3,(H,21,22);1H3/t11-;/m0./s1. The summed E-state index contributed by atoms with van der Waals surface area (Å²) in [5.41, 5.74) is 0.862. The van der Waals surface area contributed by atoms with Crippen LogP contribution in [-0.2, 0) is 4.79 Å². The van der Waals surface area contributed by atoms with Gasteiger partial charge in [-0.2, -0.15) is 0 Å². The molecular formula is C19H18N2O2. The average molecular weight is 306 g/mol. The van der Waals surface area contributed by atoms with Crippen LogP contribution in [0.1, 0.15) is 6.92 Å². The van der Waals surface area contributed by atoms with Crippen molar-refractivity contribution in [3.63, 3.8) is 0 Å². The van der Waals surface area contributed by atoms with Gasteiger partial charge in [-0.15, -0.1) is 0 Å². The number of carbonyl (C=O) groups is 1. The molecule has 0 bridgehead atoms. The first-order valence-electron chi connectivity index (χ1n) is 7.31. The quantitative estimate of drug-likeness (QED) is 0.482. The zero-order valence-electron chi connectivity index (χ0n) is 12.8. The summed E-state index contributed by atoms with van der Waals surface area (Å²) in [5, 5.41) is 19.3. The molecule has 1 atom stereocenters. The van der Waals surface area contributed by atoms with Gasteiger partial charge in [0.25, 0.3) is 0 Å². The van der Waals surface area contributed by atoms with Gasteiger partial charge >= 0.3 is 5.97 Å². The fourth-order valence-corrected chi connectivity index (χ4v) is 3.16. The lowest BCUT2D eigenvalue weighted by Crippen LogP contribution is -2.25. The van der Waals surface area contributed by atoms with Gasteiger partial charge in [0.2, 0.25) is 0 Å². The Hall–Kier alpha value is -2.85. The zero-order valence-corrected chi connectivity index (χ0v) is 12.8. The SMILES string of the molecule is C[C@H](Nc1ccc2ccc3cccc4ccc1c2c34)C(=O)O.N. The number of nitrogens with one attached hydrogen (secondary N) is 1. The van der Waals surface area contributed by atoms with Crippen molar-refractivity contribution in [2.24, 2.45) is 0 Å². The zero-order chi connectivity index (χ0) is 15.3. The van der Waals surface area contributed by atoms with Gasteiger partial charge in [0.1, 0.15) is 6.04 Å². The number of benzene rings is 4. The minimum absolute atomic E-state index is 0. The van der Waals surface area contributed by atoms with Crippen molar-refractivity contribution in [2.45, 2.75) is 13.0 Å². The first-order chi connectivity index (χ1) is 10.6. The van der Waals surface area contributed by atoms with E-state index in [1.807, 2.05) is 12.1 Å². The summed E-state index contributed by atoms with van der Waals surface area (Å²) in [4.78, 5) is 11.1. The summed E-state index contributed by atoms with van der Waals surface area (Å²) < 4.78 is 0. The van der Waals surface area contributed by atoms with Gasteiger partial charge in [0.15, 0.2) is 0 Å². The van der Waals surface area contributed by atoms with Crippen molar-refractivity contribution >= 4 is 44.0 Å². The Morgan fingerprint density at radius 3 is 2.13 bits per heavy atom. The molecule has 4 aromatic rings. The lowest BCUT2D eigenvalue weighted by atomic mass is 9.93. The summed E-state index contributed by atoms with van der Waals surface area (Å²) in [6.45, 7) is 1.65. The number of hydrogen-bond donors (Lipinski definition) is 3. The molecule has 0 aliphatic rings. The molecule has 0 unspecified atom stereocenters. The van der Waals surface area contributed by atoms with Crippen LogP contribution in [0.25, 0.3) is 32.3 Å². The molecule has 0 aliphatic heterocycles. The predicted molar refractivity (Wildman–Crippen MR) is 95.9 cm³/mol. The maximum absolute atomic E-state index is 11.1. The summed E-state index contributed by atoms with van der Waals surface area (Å²) >= 11 is 0. The molecule has 0 aliphatic carbocycles. The van der Waals surface area contributed by atoms with Crippen LogP contribution in [0.5, 0.6) is 0 Å². The van der Waals surface area contributed by atoms with Crippen LogP contribution in [0.2, 0.25) is 0 Å². The molecule has 4 nitrogen and oxygen atoms in total. The van der Waals surface area contributed by atoms with Gasteiger partial charge in [-0.1, -0.05) is 48.5 Å². The van der Waals surface area contributed by atoms with E-state index in [1.165, 1.54) is 26.9 Å². The fraction of sp³-hybridized carbons (Fsp3) is 0.105. The van der Waals surface area contributed by atoms with Crippen molar-refractivity contribution in [2.75, 3.05) is 5.32 Å². The molecule has 4 aromatic carbocycles. The van der Waals surface area contributed by atoms with Crippen LogP contribution < -0.4 is 11.5 Å². The van der Waals surface area contributed by atoms with Crippen molar-refractivity contribution in [3.8, 4) is 0 Å². The smallest absolute Gasteiger partial charge is 0.325 e. The highest BCUT2D eigenvalue weighted by molar-refractivity contribution is 6.25. The minimum Gasteiger partial charge on any atom is -0.480 e. The van der Waals surface area contributed by atoms with E-state index in [1.54, 1.807) is 6.92 Å². The van der Waals surface area contributed by atoms with Gasteiger partial charge in [-0.05, 0) is 39.9 Å². The predicted octanol–water partition coefficient (Wildman–Crippen LogP) is 4.63. The fourth-order valence-electron chi connectivity index (χ4n) is 3.16. The molecule has 0 spiro atoms. The average Bonchev–Trinajstić information content (AvgIpc) is 2.53. The van der Waals surface area contributed by atoms with Gasteiger partial charge in [0.05, 0.1) is 0 Å². The number of aliphatic carboxylic acids is 1. The molecule has 5 N–H and O–H groups in total. The number of hydrogen-bond acceptors (Lipinski definition) is 3. The van der Waals surface area contributed by atoms with Crippen molar-refractivity contribution in [1.29, 1.82) is 0 Å². The molecule has 0 fully saturated rings. The molecule has 23 heavy (non-hydrogen) atoms. The Kier molecular flexibility index (Phi) is 3.54. The number of carboxylic acid groups (broad SMARTS) is 1. The van der Waals surface area contributed by atoms with E-state index < -0.39 is 12.0 Å². The highest BCUT2D eigenvalue weighted by Crippen LogP contribution is 2.37. The van der Waals surface area contributed by atoms with E-state index in [4.69, 9.17) is 5.11 Å². The first kappa shape index (κ1) is 15.1. The second kappa shape index (κ2) is 5.41. The van der Waals surface area contributed by atoms with E-state index in [-0.39, 0.29) is 6.15 Å². The van der Waals surface area contributed by atoms with Crippen molar-refractivity contribution in [1.82, 2.24) is 6.15 Å². The highest BCUT2D eigenvalue weighted by Gasteiger charge is 2.14. The molecular weight excluding hydrogens is 288 g/mol. The molecule has 0 saturated heterocycles. The Morgan fingerprint density at radius 2 is 1.48 bits per heavy atom. The summed E-state index contributed by atoms with van der Waals surface area (Å²) in [6, 6.07) is 18.1. The van der Waals surface area contributed by atoms with E-state index in [2.05, 4.69) is 47.8 Å². The molecule has 4 heteroatoms. The van der Waals surface area contributed by atoms with Crippen molar-refractivity contribution < 1.29 is 9.90 Å². The Morgan fingerprint density at radius 1 is 0.913 bits per heavy atom. The van der Waals surface area contributed by atoms with E-state index >= 15 is 0 Å². The van der Waals surface area contributed by atoms with E-state index in [0.29, 0.717) is 0 Å². The largest absolute Gasteiger partial charge is 0.480 e. The first-order valence-corrected chi connectivity index (χ1v) is 7.31. The van der Waals surface area contributed by atoms with Gasteiger partial charge in [-0.25, -0.2) is 0 Å². The molecule has 116 valence electrons. The van der Waals surface area contributed by atoms with E-state index in [9.17, 15) is 4.79 Å². The number of anilines is 1. The van der Waals surface area contributed by atoms with E-state index in [0.717, 1.165) is 11.1 Å². The van der Waals surface area contributed by atoms with Crippen LogP contribution in [0.15, 0.2) is 54.6 Å². The van der Waals surface area contributed by atoms with Gasteiger partial charge in [-0.3, -0.25) is 4.79 Å². The molecule has 4 rings (SSSR count). The number of rotatable bonds is 3. The molecule has 0 heterocycles. The summed E-state index contributed by atoms with van der Waals surface area (Å²) in [6.07, 6.45) is 0. The minimum atomic E-state index is -0.856. The normalized spacial score (nSPS) is 12.4. The Balaban J connectivity index is 0.00000156. The van der Waals surface area contributed by atoms with Crippen molar-refractivity contribution in [3.05, 3.63) is 54.6 Å². The lowest BCUT2D eigenvalue weighted by Gasteiger charge is -2.16. The summed E-state index contributed by atoms with van der Waals surface area (Å²) in [5.74, 6) is -0.856. The second-order valence-corrected chi connectivity index (χ2v) is 5.67. The topological polar surface area (TPSA) is 84.3 Å². The lowest BCUT2D eigenvalue weighted by molar-refractivity contribution is -0.137. The molecule has 0 saturated carbocycles. The third-order valence-corrected chi connectivity index (χ3v) is 4.27. The highest BCUT2D eigenvalue weighted by atomic mass is 16.4. The maximum atomic E-state index is 11.1. The van der Waals surface area contributed by atoms with Crippen LogP contribution in [-0.4, -0.2) is 17.1 Å². The van der Waals surface area contributed by atoms with Crippen LogP contribution in [0, 0.1) is 0 Å². The van der Waals surface area contributed by atoms with Crippen LogP contribution >= 0.6 is 0 Å². The third-order valence-electron chi connectivity index (χ3n) is 4.27. The third kappa shape index (κ3) is 2.24. The molecule has 0 amide bonds. The van der Waals surface area contributed by atoms with Crippen LogP contribution in [0.4, 0.5) is 5.69 Å². The maximum Gasteiger partial charge on any atom is 0.325 e. The molecule has 0 radical (unpaired) electrons.